The lowest BCUT2D eigenvalue weighted by atomic mass is 10.6. The van der Waals surface area contributed by atoms with E-state index >= 15 is 0 Å². The van der Waals surface area contributed by atoms with Gasteiger partial charge in [0.2, 0.25) is 0 Å². The summed E-state index contributed by atoms with van der Waals surface area (Å²) in [5, 5.41) is 0. The van der Waals surface area contributed by atoms with Gasteiger partial charge in [-0.05, 0) is 6.42 Å². The molecule has 0 saturated heterocycles. The molecule has 0 heterocycles. The molecule has 0 radical (unpaired) electrons. The zero-order valence-electron chi connectivity index (χ0n) is 4.52. The molecule has 0 fully saturated rings. The Morgan fingerprint density at radius 2 is 2.14 bits per heavy atom. The lowest BCUT2D eigenvalue weighted by molar-refractivity contribution is 1.11. The summed E-state index contributed by atoms with van der Waals surface area (Å²) in [6.07, 6.45) is 1.29. The summed E-state index contributed by atoms with van der Waals surface area (Å²) < 4.78 is 0. The Morgan fingerprint density at radius 1 is 1.43 bits per heavy atom. The molecule has 0 aliphatic carbocycles. The molecule has 0 aromatic carbocycles. The molecule has 0 rings (SSSR count). The van der Waals surface area contributed by atoms with Crippen LogP contribution in [0.25, 0.3) is 0 Å². The van der Waals surface area contributed by atoms with Crippen LogP contribution >= 0.6 is 30.8 Å². The van der Waals surface area contributed by atoms with E-state index in [0.29, 0.717) is 0 Å². The maximum Gasteiger partial charge on any atom is 0.0183 e. The molecule has 1 unspecified atom stereocenters. The van der Waals surface area contributed by atoms with E-state index in [-0.39, 0.29) is 0 Å². The third-order valence-electron chi connectivity index (χ3n) is 0.439. The summed E-state index contributed by atoms with van der Waals surface area (Å²) in [4.78, 5) is 0. The SMILES string of the molecule is CCCSSCP. The standard InChI is InChI=1S/C4H11PS2/c1-2-3-6-7-4-5/h2-5H2,1H3. The topological polar surface area (TPSA) is 0 Å². The van der Waals surface area contributed by atoms with Gasteiger partial charge in [-0.25, -0.2) is 0 Å². The Kier molecular flexibility index (Phi) is 8.28. The summed E-state index contributed by atoms with van der Waals surface area (Å²) in [6.45, 7) is 2.20. The van der Waals surface area contributed by atoms with Gasteiger partial charge < -0.3 is 0 Å². The normalized spacial score (nSPS) is 9.43. The van der Waals surface area contributed by atoms with Gasteiger partial charge in [0, 0.05) is 11.2 Å². The molecule has 0 aromatic rings. The van der Waals surface area contributed by atoms with E-state index in [9.17, 15) is 0 Å². The molecule has 0 bridgehead atoms. The minimum absolute atomic E-state index is 1.16. The first-order valence-electron chi connectivity index (χ1n) is 2.36. The summed E-state index contributed by atoms with van der Waals surface area (Å²) in [5.41, 5.74) is 1.16. The average Bonchev–Trinajstić information content (AvgIpc) is 1.69. The van der Waals surface area contributed by atoms with E-state index in [1.807, 2.05) is 21.6 Å². The molecule has 0 N–H and O–H groups in total. The van der Waals surface area contributed by atoms with Gasteiger partial charge in [0.15, 0.2) is 0 Å². The first-order valence-corrected chi connectivity index (χ1v) is 5.66. The molecule has 7 heavy (non-hydrogen) atoms. The monoisotopic (exact) mass is 154 g/mol. The number of hydrogen-bond donors (Lipinski definition) is 0. The molecule has 0 saturated carbocycles. The van der Waals surface area contributed by atoms with Crippen LogP contribution in [0.15, 0.2) is 0 Å². The molecule has 44 valence electrons. The first-order chi connectivity index (χ1) is 3.41. The zero-order valence-corrected chi connectivity index (χ0v) is 7.30. The largest absolute Gasteiger partial charge is 0.126 e. The first kappa shape index (κ1) is 8.13. The van der Waals surface area contributed by atoms with E-state index in [1.54, 1.807) is 0 Å². The summed E-state index contributed by atoms with van der Waals surface area (Å²) in [7, 11) is 6.55. The Hall–Kier alpha value is 1.13. The molecule has 0 nitrogen and oxygen atoms in total. The molecule has 0 aliphatic heterocycles. The second-order valence-electron chi connectivity index (χ2n) is 1.11. The van der Waals surface area contributed by atoms with Gasteiger partial charge in [-0.2, -0.15) is 0 Å². The van der Waals surface area contributed by atoms with Crippen molar-refractivity contribution in [2.75, 3.05) is 11.2 Å². The molecule has 3 heteroatoms. The van der Waals surface area contributed by atoms with E-state index in [4.69, 9.17) is 0 Å². The zero-order chi connectivity index (χ0) is 5.54. The third kappa shape index (κ3) is 7.13. The Bertz CT molecular complexity index is 28.9. The predicted molar refractivity (Wildman–Crippen MR) is 44.9 cm³/mol. The van der Waals surface area contributed by atoms with Gasteiger partial charge in [0.1, 0.15) is 0 Å². The van der Waals surface area contributed by atoms with E-state index in [2.05, 4.69) is 16.2 Å². The maximum absolute atomic E-state index is 2.69. The van der Waals surface area contributed by atoms with Crippen molar-refractivity contribution < 1.29 is 0 Å². The van der Waals surface area contributed by atoms with Crippen LogP contribution in [0.5, 0.6) is 0 Å². The van der Waals surface area contributed by atoms with Gasteiger partial charge >= 0.3 is 0 Å². The van der Waals surface area contributed by atoms with E-state index in [0.717, 1.165) is 5.49 Å². The molecule has 0 amide bonds. The number of hydrogen-bond acceptors (Lipinski definition) is 2. The predicted octanol–water partition coefficient (Wildman–Crippen LogP) is 2.61. The van der Waals surface area contributed by atoms with Crippen LogP contribution in [0, 0.1) is 0 Å². The van der Waals surface area contributed by atoms with Crippen molar-refractivity contribution >= 4 is 30.8 Å². The molecule has 0 spiro atoms. The fraction of sp³-hybridized carbons (Fsp3) is 1.00. The van der Waals surface area contributed by atoms with Crippen LogP contribution < -0.4 is 0 Å². The fourth-order valence-corrected chi connectivity index (χ4v) is 2.58. The third-order valence-corrected chi connectivity index (χ3v) is 3.95. The van der Waals surface area contributed by atoms with Crippen LogP contribution in [0.3, 0.4) is 0 Å². The van der Waals surface area contributed by atoms with Crippen molar-refractivity contribution in [3.63, 3.8) is 0 Å². The summed E-state index contributed by atoms with van der Waals surface area (Å²) in [6, 6.07) is 0. The van der Waals surface area contributed by atoms with Crippen LogP contribution in [0.1, 0.15) is 13.3 Å². The van der Waals surface area contributed by atoms with Gasteiger partial charge in [-0.15, -0.1) is 9.24 Å². The fourth-order valence-electron chi connectivity index (χ4n) is 0.190. The number of rotatable bonds is 4. The quantitative estimate of drug-likeness (QED) is 0.347. The van der Waals surface area contributed by atoms with Gasteiger partial charge in [-0.1, -0.05) is 28.5 Å². The van der Waals surface area contributed by atoms with Crippen molar-refractivity contribution in [1.29, 1.82) is 0 Å². The van der Waals surface area contributed by atoms with Crippen molar-refractivity contribution in [2.45, 2.75) is 13.3 Å². The molecule has 0 aliphatic rings. The van der Waals surface area contributed by atoms with Crippen molar-refractivity contribution in [3.05, 3.63) is 0 Å². The molecular weight excluding hydrogens is 143 g/mol. The maximum atomic E-state index is 2.69. The highest BCUT2D eigenvalue weighted by atomic mass is 33.1. The highest BCUT2D eigenvalue weighted by Gasteiger charge is 1.80. The van der Waals surface area contributed by atoms with Crippen LogP contribution in [0.2, 0.25) is 0 Å². The highest BCUT2D eigenvalue weighted by molar-refractivity contribution is 8.77. The summed E-state index contributed by atoms with van der Waals surface area (Å²) >= 11 is 0. The average molecular weight is 154 g/mol. The van der Waals surface area contributed by atoms with Crippen molar-refractivity contribution in [1.82, 2.24) is 0 Å². The van der Waals surface area contributed by atoms with E-state index < -0.39 is 0 Å². The van der Waals surface area contributed by atoms with Crippen LogP contribution in [-0.4, -0.2) is 11.2 Å². The van der Waals surface area contributed by atoms with Gasteiger partial charge in [-0.3, -0.25) is 0 Å². The highest BCUT2D eigenvalue weighted by Crippen LogP contribution is 2.22. The van der Waals surface area contributed by atoms with Crippen molar-refractivity contribution in [3.8, 4) is 0 Å². The lowest BCUT2D eigenvalue weighted by Gasteiger charge is -1.90. The summed E-state index contributed by atoms with van der Waals surface area (Å²) in [5.74, 6) is 1.29. The Morgan fingerprint density at radius 3 is 2.57 bits per heavy atom. The second kappa shape index (κ2) is 7.13. The smallest absolute Gasteiger partial charge is 0.0183 e. The van der Waals surface area contributed by atoms with Crippen LogP contribution in [0.4, 0.5) is 0 Å². The minimum atomic E-state index is 1.16. The van der Waals surface area contributed by atoms with Gasteiger partial charge in [0.25, 0.3) is 0 Å². The Balaban J connectivity index is 2.45. The Labute approximate surface area is 55.8 Å². The second-order valence-corrected chi connectivity index (χ2v) is 4.73. The van der Waals surface area contributed by atoms with Crippen molar-refractivity contribution in [2.24, 2.45) is 0 Å². The lowest BCUT2D eigenvalue weighted by Crippen LogP contribution is -1.65. The van der Waals surface area contributed by atoms with E-state index in [1.165, 1.54) is 12.2 Å². The van der Waals surface area contributed by atoms with Crippen LogP contribution in [-0.2, 0) is 0 Å². The van der Waals surface area contributed by atoms with Gasteiger partial charge in [0.05, 0.1) is 0 Å². The molecular formula is C4H11PS2. The molecule has 0 aromatic heterocycles. The minimum Gasteiger partial charge on any atom is -0.126 e. The molecule has 1 atom stereocenters.